The van der Waals surface area contributed by atoms with Crippen molar-refractivity contribution in [2.75, 3.05) is 5.73 Å². The maximum absolute atomic E-state index is 12.6. The monoisotopic (exact) mass is 424 g/mol. The van der Waals surface area contributed by atoms with E-state index in [0.29, 0.717) is 10.5 Å². The van der Waals surface area contributed by atoms with Gasteiger partial charge in [0.1, 0.15) is 5.01 Å². The lowest BCUT2D eigenvalue weighted by Crippen LogP contribution is -2.21. The van der Waals surface area contributed by atoms with Gasteiger partial charge in [0.15, 0.2) is 11.3 Å². The van der Waals surface area contributed by atoms with Crippen LogP contribution < -0.4 is 11.1 Å². The van der Waals surface area contributed by atoms with Gasteiger partial charge < -0.3 is 11.1 Å². The number of hydrogen-bond donors (Lipinski definition) is 2. The number of nitrogens with zero attached hydrogens (tertiary/aromatic N) is 4. The van der Waals surface area contributed by atoms with Crippen molar-refractivity contribution in [2.45, 2.75) is 12.7 Å². The summed E-state index contributed by atoms with van der Waals surface area (Å²) in [5.41, 5.74) is 6.85. The first-order chi connectivity index (χ1) is 13.3. The van der Waals surface area contributed by atoms with Gasteiger partial charge in [-0.3, -0.25) is 4.79 Å². The minimum atomic E-state index is -4.49. The lowest BCUT2D eigenvalue weighted by molar-refractivity contribution is -0.140. The molecule has 4 rings (SSSR count). The predicted octanol–water partition coefficient (Wildman–Crippen LogP) is 3.45. The molecular formula is C16H11F3N6OS2. The molecule has 1 amide bonds. The predicted molar refractivity (Wildman–Crippen MR) is 99.0 cm³/mol. The molecule has 0 atom stereocenters. The zero-order valence-electron chi connectivity index (χ0n) is 13.9. The van der Waals surface area contributed by atoms with E-state index in [4.69, 9.17) is 5.73 Å². The van der Waals surface area contributed by atoms with Crippen LogP contribution >= 0.6 is 22.7 Å². The molecule has 144 valence electrons. The largest absolute Gasteiger partial charge is 0.434 e. The average molecular weight is 424 g/mol. The number of thiazole rings is 1. The number of pyridine rings is 1. The molecule has 0 saturated heterocycles. The molecule has 0 radical (unpaired) electrons. The highest BCUT2D eigenvalue weighted by Gasteiger charge is 2.33. The number of nitrogen functional groups attached to an aromatic ring is 1. The first kappa shape index (κ1) is 18.4. The van der Waals surface area contributed by atoms with Gasteiger partial charge in [-0.25, -0.2) is 9.50 Å². The summed E-state index contributed by atoms with van der Waals surface area (Å²) in [7, 11) is 0. The summed E-state index contributed by atoms with van der Waals surface area (Å²) in [6, 6.07) is 5.29. The van der Waals surface area contributed by atoms with Crippen LogP contribution in [0.1, 0.15) is 20.4 Å². The Kier molecular flexibility index (Phi) is 4.51. The molecule has 0 unspecified atom stereocenters. The summed E-state index contributed by atoms with van der Waals surface area (Å²) in [6.45, 7) is -0.0724. The van der Waals surface area contributed by atoms with E-state index in [1.165, 1.54) is 11.3 Å². The van der Waals surface area contributed by atoms with Gasteiger partial charge in [-0.15, -0.1) is 27.8 Å². The van der Waals surface area contributed by atoms with Crippen molar-refractivity contribution < 1.29 is 18.0 Å². The van der Waals surface area contributed by atoms with Crippen LogP contribution in [0.15, 0.2) is 35.2 Å². The Morgan fingerprint density at radius 1 is 1.18 bits per heavy atom. The topological polar surface area (TPSA) is 98.2 Å². The van der Waals surface area contributed by atoms with E-state index in [-0.39, 0.29) is 23.4 Å². The number of aromatic nitrogens is 4. The number of rotatable bonds is 4. The molecule has 0 aliphatic carbocycles. The second kappa shape index (κ2) is 6.87. The summed E-state index contributed by atoms with van der Waals surface area (Å²) in [5.74, 6) is -0.218. The van der Waals surface area contributed by atoms with E-state index in [1.54, 1.807) is 22.8 Å². The molecular weight excluding hydrogens is 413 g/mol. The van der Waals surface area contributed by atoms with E-state index in [0.717, 1.165) is 27.8 Å². The lowest BCUT2D eigenvalue weighted by Gasteiger charge is -2.02. The van der Waals surface area contributed by atoms with Crippen molar-refractivity contribution in [3.63, 3.8) is 0 Å². The van der Waals surface area contributed by atoms with Crippen molar-refractivity contribution in [2.24, 2.45) is 0 Å². The van der Waals surface area contributed by atoms with Crippen molar-refractivity contribution in [1.29, 1.82) is 0 Å². The zero-order chi connectivity index (χ0) is 19.9. The Hall–Kier alpha value is -2.99. The fourth-order valence-corrected chi connectivity index (χ4v) is 4.02. The fraction of sp³-hybridized carbons (Fsp3) is 0.125. The Morgan fingerprint density at radius 3 is 2.75 bits per heavy atom. The molecule has 0 spiro atoms. The van der Waals surface area contributed by atoms with Crippen molar-refractivity contribution in [3.05, 3.63) is 50.7 Å². The van der Waals surface area contributed by atoms with Crippen molar-refractivity contribution >= 4 is 40.2 Å². The smallest absolute Gasteiger partial charge is 0.366 e. The number of halogens is 3. The van der Waals surface area contributed by atoms with Gasteiger partial charge >= 0.3 is 6.18 Å². The van der Waals surface area contributed by atoms with Crippen LogP contribution in [0, 0.1) is 0 Å². The molecule has 0 saturated carbocycles. The third kappa shape index (κ3) is 3.68. The molecule has 4 heterocycles. The first-order valence-electron chi connectivity index (χ1n) is 7.80. The Labute approximate surface area is 163 Å². The molecule has 0 aliphatic rings. The number of nitrogens with one attached hydrogen (secondary N) is 1. The van der Waals surface area contributed by atoms with E-state index >= 15 is 0 Å². The second-order valence-electron chi connectivity index (χ2n) is 5.70. The van der Waals surface area contributed by atoms with Crippen LogP contribution in [0.3, 0.4) is 0 Å². The summed E-state index contributed by atoms with van der Waals surface area (Å²) in [4.78, 5) is 20.3. The quantitative estimate of drug-likeness (QED) is 0.523. The number of carbonyl (C=O) groups is 1. The van der Waals surface area contributed by atoms with Crippen LogP contribution in [-0.2, 0) is 12.7 Å². The molecule has 0 aliphatic heterocycles. The number of fused-ring (bicyclic) bond motifs is 1. The fourth-order valence-electron chi connectivity index (χ4n) is 2.44. The number of alkyl halides is 3. The standard InChI is InChI=1S/C16H11F3N6OS2/c17-16(18,19)11-7-28-13(22-11)4-21-14(26)10-3-9(6-27-10)8-1-2-12-23-15(20)24-25(12)5-8/h1-3,5-7H,4H2,(H2,20,24)(H,21,26). The number of anilines is 1. The minimum Gasteiger partial charge on any atom is -0.366 e. The molecule has 7 nitrogen and oxygen atoms in total. The van der Waals surface area contributed by atoms with E-state index in [9.17, 15) is 18.0 Å². The number of thiophene rings is 1. The molecule has 0 fully saturated rings. The molecule has 0 bridgehead atoms. The number of nitrogens with two attached hydrogens (primary N) is 1. The normalized spacial score (nSPS) is 11.8. The number of hydrogen-bond acceptors (Lipinski definition) is 7. The van der Waals surface area contributed by atoms with Gasteiger partial charge in [0.05, 0.1) is 11.4 Å². The lowest BCUT2D eigenvalue weighted by atomic mass is 10.1. The molecule has 4 aromatic rings. The van der Waals surface area contributed by atoms with Gasteiger partial charge in [0.25, 0.3) is 5.91 Å². The second-order valence-corrected chi connectivity index (χ2v) is 7.55. The van der Waals surface area contributed by atoms with Crippen LogP contribution in [0.2, 0.25) is 0 Å². The molecule has 12 heteroatoms. The van der Waals surface area contributed by atoms with E-state index in [2.05, 4.69) is 20.4 Å². The molecule has 4 aromatic heterocycles. The van der Waals surface area contributed by atoms with E-state index in [1.807, 2.05) is 11.4 Å². The van der Waals surface area contributed by atoms with Crippen molar-refractivity contribution in [1.82, 2.24) is 24.9 Å². The maximum atomic E-state index is 12.6. The third-order valence-corrected chi connectivity index (χ3v) is 5.52. The summed E-state index contributed by atoms with van der Waals surface area (Å²) in [6.07, 6.45) is -2.74. The van der Waals surface area contributed by atoms with Crippen molar-refractivity contribution in [3.8, 4) is 11.1 Å². The highest BCUT2D eigenvalue weighted by molar-refractivity contribution is 7.12. The van der Waals surface area contributed by atoms with Crippen LogP contribution in [0.5, 0.6) is 0 Å². The Balaban J connectivity index is 1.45. The summed E-state index contributed by atoms with van der Waals surface area (Å²) < 4.78 is 39.3. The van der Waals surface area contributed by atoms with Gasteiger partial charge in [-0.2, -0.15) is 18.2 Å². The zero-order valence-corrected chi connectivity index (χ0v) is 15.5. The first-order valence-corrected chi connectivity index (χ1v) is 9.56. The SMILES string of the molecule is Nc1nc2ccc(-c3csc(C(=O)NCc4nc(C(F)(F)F)cs4)c3)cn2n1. The van der Waals surface area contributed by atoms with Crippen LogP contribution in [0.25, 0.3) is 16.8 Å². The highest BCUT2D eigenvalue weighted by atomic mass is 32.1. The highest BCUT2D eigenvalue weighted by Crippen LogP contribution is 2.30. The molecule has 28 heavy (non-hydrogen) atoms. The minimum absolute atomic E-state index is 0.0724. The molecule has 3 N–H and O–H groups in total. The van der Waals surface area contributed by atoms with Gasteiger partial charge in [-0.05, 0) is 29.1 Å². The maximum Gasteiger partial charge on any atom is 0.434 e. The number of carbonyl (C=O) groups excluding carboxylic acids is 1. The van der Waals surface area contributed by atoms with Crippen LogP contribution in [-0.4, -0.2) is 25.5 Å². The summed E-state index contributed by atoms with van der Waals surface area (Å²) in [5, 5.41) is 9.55. The van der Waals surface area contributed by atoms with Gasteiger partial charge in [-0.1, -0.05) is 0 Å². The Bertz CT molecular complexity index is 1160. The molecule has 0 aromatic carbocycles. The van der Waals surface area contributed by atoms with Crippen LogP contribution in [0.4, 0.5) is 19.1 Å². The van der Waals surface area contributed by atoms with Gasteiger partial charge in [0.2, 0.25) is 5.95 Å². The van der Waals surface area contributed by atoms with Gasteiger partial charge in [0, 0.05) is 17.1 Å². The van der Waals surface area contributed by atoms with E-state index < -0.39 is 11.9 Å². The number of amides is 1. The third-order valence-electron chi connectivity index (χ3n) is 3.75. The Morgan fingerprint density at radius 2 is 2.00 bits per heavy atom. The summed E-state index contributed by atoms with van der Waals surface area (Å²) >= 11 is 2.08. The average Bonchev–Trinajstić information content (AvgIpc) is 3.36.